The summed E-state index contributed by atoms with van der Waals surface area (Å²) in [6.45, 7) is 12.5. The number of fused-ring (bicyclic) bond motifs is 1. The van der Waals surface area contributed by atoms with Crippen molar-refractivity contribution in [2.75, 3.05) is 18.0 Å². The molecular weight excluding hydrogens is 220 g/mol. The molecule has 2 heteroatoms. The molecule has 1 aromatic carbocycles. The molecule has 1 aromatic rings. The highest BCUT2D eigenvalue weighted by molar-refractivity contribution is 5.54. The van der Waals surface area contributed by atoms with Crippen LogP contribution in [0, 0.1) is 5.41 Å². The number of hydrogen-bond acceptors (Lipinski definition) is 2. The van der Waals surface area contributed by atoms with Crippen LogP contribution in [0.15, 0.2) is 24.3 Å². The minimum Gasteiger partial charge on any atom is -0.370 e. The summed E-state index contributed by atoms with van der Waals surface area (Å²) in [4.78, 5) is 2.55. The summed E-state index contributed by atoms with van der Waals surface area (Å²) in [6.07, 6.45) is 1.23. The molecule has 0 spiro atoms. The van der Waals surface area contributed by atoms with Gasteiger partial charge in [-0.3, -0.25) is 0 Å². The van der Waals surface area contributed by atoms with Crippen molar-refractivity contribution < 1.29 is 0 Å². The minimum absolute atomic E-state index is 0.401. The van der Waals surface area contributed by atoms with Crippen LogP contribution in [0.3, 0.4) is 0 Å². The van der Waals surface area contributed by atoms with Crippen LogP contribution in [0.5, 0.6) is 0 Å². The summed E-state index contributed by atoms with van der Waals surface area (Å²) in [7, 11) is 0. The molecule has 1 unspecified atom stereocenters. The molecular formula is C16H26N2. The average molecular weight is 246 g/mol. The van der Waals surface area contributed by atoms with Crippen molar-refractivity contribution in [3.8, 4) is 0 Å². The lowest BCUT2D eigenvalue weighted by Crippen LogP contribution is -2.37. The second-order valence-corrected chi connectivity index (χ2v) is 6.67. The molecule has 1 aliphatic heterocycles. The first-order valence-electron chi connectivity index (χ1n) is 7.02. The van der Waals surface area contributed by atoms with E-state index < -0.39 is 0 Å². The highest BCUT2D eigenvalue weighted by Gasteiger charge is 2.20. The van der Waals surface area contributed by atoms with Crippen molar-refractivity contribution in [2.45, 2.75) is 46.7 Å². The second kappa shape index (κ2) is 5.31. The Hall–Kier alpha value is -1.02. The Morgan fingerprint density at radius 2 is 2.00 bits per heavy atom. The van der Waals surface area contributed by atoms with Crippen molar-refractivity contribution in [3.05, 3.63) is 29.8 Å². The molecule has 0 radical (unpaired) electrons. The van der Waals surface area contributed by atoms with Gasteiger partial charge < -0.3 is 10.2 Å². The lowest BCUT2D eigenvalue weighted by atomic mass is 9.92. The van der Waals surface area contributed by atoms with Gasteiger partial charge in [0.15, 0.2) is 0 Å². The van der Waals surface area contributed by atoms with Crippen molar-refractivity contribution >= 4 is 5.69 Å². The van der Waals surface area contributed by atoms with Crippen molar-refractivity contribution in [1.29, 1.82) is 0 Å². The molecule has 1 aliphatic rings. The molecule has 0 aromatic heterocycles. The topological polar surface area (TPSA) is 15.3 Å². The molecule has 0 bridgehead atoms. The molecule has 100 valence electrons. The maximum atomic E-state index is 3.59. The quantitative estimate of drug-likeness (QED) is 0.860. The molecule has 0 fully saturated rings. The normalized spacial score (nSPS) is 20.4. The lowest BCUT2D eigenvalue weighted by Gasteiger charge is -2.29. The summed E-state index contributed by atoms with van der Waals surface area (Å²) >= 11 is 0. The van der Waals surface area contributed by atoms with Crippen LogP contribution in [0.4, 0.5) is 5.69 Å². The fraction of sp³-hybridized carbons (Fsp3) is 0.625. The van der Waals surface area contributed by atoms with Crippen LogP contribution in [-0.4, -0.2) is 19.1 Å². The maximum Gasteiger partial charge on any atom is 0.0412 e. The molecule has 0 saturated carbocycles. The van der Waals surface area contributed by atoms with E-state index in [-0.39, 0.29) is 0 Å². The predicted molar refractivity (Wildman–Crippen MR) is 79.0 cm³/mol. The Balaban J connectivity index is 2.16. The molecule has 0 amide bonds. The van der Waals surface area contributed by atoms with Gasteiger partial charge in [-0.1, -0.05) is 39.0 Å². The van der Waals surface area contributed by atoms with E-state index in [2.05, 4.69) is 62.2 Å². The van der Waals surface area contributed by atoms with E-state index in [9.17, 15) is 0 Å². The highest BCUT2D eigenvalue weighted by Crippen LogP contribution is 2.26. The van der Waals surface area contributed by atoms with E-state index in [1.165, 1.54) is 17.7 Å². The van der Waals surface area contributed by atoms with E-state index in [0.29, 0.717) is 11.5 Å². The Morgan fingerprint density at radius 1 is 1.28 bits per heavy atom. The van der Waals surface area contributed by atoms with E-state index in [4.69, 9.17) is 0 Å². The number of hydrogen-bond donors (Lipinski definition) is 1. The number of anilines is 1. The average Bonchev–Trinajstić information content (AvgIpc) is 2.46. The molecule has 1 N–H and O–H groups in total. The van der Waals surface area contributed by atoms with Gasteiger partial charge in [0, 0.05) is 31.4 Å². The SMILES string of the molecule is CC1CN(CCC(C)(C)C)c2ccccc2CN1. The Morgan fingerprint density at radius 3 is 2.72 bits per heavy atom. The molecule has 2 rings (SSSR count). The van der Waals surface area contributed by atoms with E-state index in [0.717, 1.165) is 19.6 Å². The molecule has 2 nitrogen and oxygen atoms in total. The second-order valence-electron chi connectivity index (χ2n) is 6.67. The number of nitrogens with zero attached hydrogens (tertiary/aromatic N) is 1. The highest BCUT2D eigenvalue weighted by atomic mass is 15.2. The van der Waals surface area contributed by atoms with Gasteiger partial charge in [0.25, 0.3) is 0 Å². The van der Waals surface area contributed by atoms with E-state index in [1.807, 2.05) is 0 Å². The van der Waals surface area contributed by atoms with Gasteiger partial charge in [0.2, 0.25) is 0 Å². The van der Waals surface area contributed by atoms with Crippen LogP contribution in [-0.2, 0) is 6.54 Å². The van der Waals surface area contributed by atoms with Crippen molar-refractivity contribution in [3.63, 3.8) is 0 Å². The molecule has 0 saturated heterocycles. The fourth-order valence-corrected chi connectivity index (χ4v) is 2.43. The summed E-state index contributed by atoms with van der Waals surface area (Å²) in [6, 6.07) is 9.34. The zero-order valence-corrected chi connectivity index (χ0v) is 12.2. The summed E-state index contributed by atoms with van der Waals surface area (Å²) in [5.74, 6) is 0. The van der Waals surface area contributed by atoms with Gasteiger partial charge >= 0.3 is 0 Å². The van der Waals surface area contributed by atoms with Crippen LogP contribution >= 0.6 is 0 Å². The summed E-state index contributed by atoms with van der Waals surface area (Å²) in [5.41, 5.74) is 3.24. The third kappa shape index (κ3) is 3.49. The monoisotopic (exact) mass is 246 g/mol. The zero-order valence-electron chi connectivity index (χ0n) is 12.2. The first-order valence-corrected chi connectivity index (χ1v) is 7.02. The fourth-order valence-electron chi connectivity index (χ4n) is 2.43. The third-order valence-electron chi connectivity index (χ3n) is 3.60. The molecule has 1 atom stereocenters. The van der Waals surface area contributed by atoms with Gasteiger partial charge in [0.05, 0.1) is 0 Å². The first-order chi connectivity index (χ1) is 8.46. The summed E-state index contributed by atoms with van der Waals surface area (Å²) < 4.78 is 0. The van der Waals surface area contributed by atoms with Crippen LogP contribution in [0.2, 0.25) is 0 Å². The van der Waals surface area contributed by atoms with Gasteiger partial charge in [-0.15, -0.1) is 0 Å². The van der Waals surface area contributed by atoms with Gasteiger partial charge in [-0.2, -0.15) is 0 Å². The van der Waals surface area contributed by atoms with E-state index >= 15 is 0 Å². The van der Waals surface area contributed by atoms with Gasteiger partial charge in [-0.25, -0.2) is 0 Å². The molecule has 1 heterocycles. The number of benzene rings is 1. The van der Waals surface area contributed by atoms with Crippen molar-refractivity contribution in [2.24, 2.45) is 5.41 Å². The molecule has 18 heavy (non-hydrogen) atoms. The standard InChI is InChI=1S/C16H26N2/c1-13-12-18(10-9-16(2,3)4)15-8-6-5-7-14(15)11-17-13/h5-8,13,17H,9-12H2,1-4H3. The number of para-hydroxylation sites is 1. The maximum absolute atomic E-state index is 3.59. The van der Waals surface area contributed by atoms with Gasteiger partial charge in [0.1, 0.15) is 0 Å². The van der Waals surface area contributed by atoms with Gasteiger partial charge in [-0.05, 0) is 30.4 Å². The minimum atomic E-state index is 0.401. The number of nitrogens with one attached hydrogen (secondary N) is 1. The summed E-state index contributed by atoms with van der Waals surface area (Å²) in [5, 5.41) is 3.59. The molecule has 0 aliphatic carbocycles. The Labute approximate surface area is 111 Å². The third-order valence-corrected chi connectivity index (χ3v) is 3.60. The van der Waals surface area contributed by atoms with Crippen molar-refractivity contribution in [1.82, 2.24) is 5.32 Å². The predicted octanol–water partition coefficient (Wildman–Crippen LogP) is 3.42. The Bertz CT molecular complexity index is 392. The van der Waals surface area contributed by atoms with Crippen LogP contribution < -0.4 is 10.2 Å². The van der Waals surface area contributed by atoms with E-state index in [1.54, 1.807) is 0 Å². The van der Waals surface area contributed by atoms with Crippen LogP contribution in [0.25, 0.3) is 0 Å². The largest absolute Gasteiger partial charge is 0.370 e. The smallest absolute Gasteiger partial charge is 0.0412 e. The van der Waals surface area contributed by atoms with Crippen LogP contribution in [0.1, 0.15) is 39.7 Å². The Kier molecular flexibility index (Phi) is 3.96. The zero-order chi connectivity index (χ0) is 13.2. The lowest BCUT2D eigenvalue weighted by molar-refractivity contribution is 0.376. The first kappa shape index (κ1) is 13.4. The number of rotatable bonds is 2.